The highest BCUT2D eigenvalue weighted by atomic mass is 16.2. The van der Waals surface area contributed by atoms with E-state index < -0.39 is 0 Å². The van der Waals surface area contributed by atoms with Crippen molar-refractivity contribution in [2.45, 2.75) is 32.1 Å². The van der Waals surface area contributed by atoms with Gasteiger partial charge in [0, 0.05) is 0 Å². The van der Waals surface area contributed by atoms with Crippen molar-refractivity contribution in [3.63, 3.8) is 0 Å². The second kappa shape index (κ2) is 4.38. The van der Waals surface area contributed by atoms with Crippen molar-refractivity contribution in [2.75, 3.05) is 4.90 Å². The number of carbonyl (C=O) groups excluding carboxylic acids is 2. The van der Waals surface area contributed by atoms with Crippen molar-refractivity contribution in [1.82, 2.24) is 0 Å². The van der Waals surface area contributed by atoms with Gasteiger partial charge in [0.05, 0.1) is 17.5 Å². The van der Waals surface area contributed by atoms with Gasteiger partial charge in [-0.25, -0.2) is 0 Å². The number of benzene rings is 1. The minimum atomic E-state index is -0.0905. The second-order valence-corrected chi connectivity index (χ2v) is 8.33. The summed E-state index contributed by atoms with van der Waals surface area (Å²) in [7, 11) is 0. The lowest BCUT2D eigenvalue weighted by atomic mass is 9.63. The number of nitrogens with zero attached hydrogens (tertiary/aromatic N) is 1. The monoisotopic (exact) mass is 319 g/mol. The Morgan fingerprint density at radius 1 is 0.833 bits per heavy atom. The van der Waals surface area contributed by atoms with Crippen LogP contribution in [0.4, 0.5) is 5.69 Å². The number of aryl methyl sites for hydroxylation is 2. The molecule has 1 aromatic carbocycles. The molecule has 1 saturated heterocycles. The first-order valence-electron chi connectivity index (χ1n) is 9.42. The number of fused-ring (bicyclic) bond motifs is 1. The highest BCUT2D eigenvalue weighted by Crippen LogP contribution is 2.65. The standard InChI is InChI=1S/C21H21NO2/c23-20-18-14-7-8-15(17-10-16(14)17)19(18)21(24)22(20)13-6-5-11-3-1-2-4-12(11)9-13/h5-9,14-19H,1-4,10H2/t14-,15+,16-,17-,18+,19-/m1/s1. The Morgan fingerprint density at radius 3 is 2.12 bits per heavy atom. The van der Waals surface area contributed by atoms with Gasteiger partial charge in [0.2, 0.25) is 11.8 Å². The molecule has 1 heterocycles. The van der Waals surface area contributed by atoms with Gasteiger partial charge in [0.15, 0.2) is 0 Å². The molecule has 6 aliphatic rings. The van der Waals surface area contributed by atoms with Crippen molar-refractivity contribution >= 4 is 17.5 Å². The molecular formula is C21H21NO2. The van der Waals surface area contributed by atoms with E-state index in [4.69, 9.17) is 0 Å². The van der Waals surface area contributed by atoms with E-state index in [0.717, 1.165) is 18.5 Å². The fourth-order valence-electron chi connectivity index (χ4n) is 6.07. The molecule has 0 N–H and O–H groups in total. The predicted octanol–water partition coefficient (Wildman–Crippen LogP) is 3.12. The highest BCUT2D eigenvalue weighted by molar-refractivity contribution is 6.22. The second-order valence-electron chi connectivity index (χ2n) is 8.33. The minimum absolute atomic E-state index is 0.0606. The molecule has 3 heteroatoms. The first kappa shape index (κ1) is 13.4. The van der Waals surface area contributed by atoms with Crippen molar-refractivity contribution in [1.29, 1.82) is 0 Å². The Labute approximate surface area is 141 Å². The van der Waals surface area contributed by atoms with Gasteiger partial charge in [-0.3, -0.25) is 14.5 Å². The van der Waals surface area contributed by atoms with Crippen LogP contribution in [0.2, 0.25) is 0 Å². The third-order valence-corrected chi connectivity index (χ3v) is 7.25. The number of rotatable bonds is 1. The Morgan fingerprint density at radius 2 is 1.46 bits per heavy atom. The van der Waals surface area contributed by atoms with Gasteiger partial charge in [-0.15, -0.1) is 0 Å². The highest BCUT2D eigenvalue weighted by Gasteiger charge is 2.67. The van der Waals surface area contributed by atoms with Crippen LogP contribution in [-0.4, -0.2) is 11.8 Å². The zero-order valence-corrected chi connectivity index (χ0v) is 13.7. The molecule has 0 spiro atoms. The van der Waals surface area contributed by atoms with Crippen LogP contribution in [0.15, 0.2) is 30.4 Å². The van der Waals surface area contributed by atoms with Gasteiger partial charge >= 0.3 is 0 Å². The number of hydrogen-bond donors (Lipinski definition) is 0. The van der Waals surface area contributed by atoms with Gasteiger partial charge in [-0.05, 0) is 79.0 Å². The number of imide groups is 1. The zero-order valence-electron chi connectivity index (χ0n) is 13.7. The summed E-state index contributed by atoms with van der Waals surface area (Å²) in [4.78, 5) is 27.8. The number of carbonyl (C=O) groups is 2. The molecular weight excluding hydrogens is 298 g/mol. The zero-order chi connectivity index (χ0) is 16.0. The van der Waals surface area contributed by atoms with Crippen molar-refractivity contribution in [3.8, 4) is 0 Å². The molecule has 122 valence electrons. The lowest BCUT2D eigenvalue weighted by Crippen LogP contribution is -2.40. The predicted molar refractivity (Wildman–Crippen MR) is 90.3 cm³/mol. The molecule has 2 amide bonds. The quantitative estimate of drug-likeness (QED) is 0.589. The van der Waals surface area contributed by atoms with E-state index in [9.17, 15) is 9.59 Å². The van der Waals surface area contributed by atoms with Crippen molar-refractivity contribution < 1.29 is 9.59 Å². The molecule has 6 atom stereocenters. The third-order valence-electron chi connectivity index (χ3n) is 7.25. The van der Waals surface area contributed by atoms with E-state index in [1.807, 2.05) is 6.07 Å². The third kappa shape index (κ3) is 1.54. The molecule has 3 fully saturated rings. The number of amides is 2. The molecule has 3 nitrogen and oxygen atoms in total. The molecule has 0 aromatic heterocycles. The summed E-state index contributed by atoms with van der Waals surface area (Å²) in [6, 6.07) is 6.24. The van der Waals surface area contributed by atoms with Gasteiger partial charge in [-0.1, -0.05) is 18.2 Å². The molecule has 1 aromatic rings. The molecule has 2 saturated carbocycles. The maximum atomic E-state index is 13.1. The van der Waals surface area contributed by atoms with Crippen LogP contribution in [-0.2, 0) is 22.4 Å². The van der Waals surface area contributed by atoms with E-state index in [1.165, 1.54) is 35.3 Å². The van der Waals surface area contributed by atoms with Crippen LogP contribution >= 0.6 is 0 Å². The van der Waals surface area contributed by atoms with E-state index in [1.54, 1.807) is 0 Å². The first-order chi connectivity index (χ1) is 11.7. The molecule has 24 heavy (non-hydrogen) atoms. The molecule has 5 aliphatic carbocycles. The summed E-state index contributed by atoms with van der Waals surface area (Å²) in [5.74, 6) is 1.90. The number of hydrogen-bond acceptors (Lipinski definition) is 2. The smallest absolute Gasteiger partial charge is 0.238 e. The Hall–Kier alpha value is -1.90. The van der Waals surface area contributed by atoms with Crippen LogP contribution in [0.5, 0.6) is 0 Å². The maximum Gasteiger partial charge on any atom is 0.238 e. The van der Waals surface area contributed by atoms with Crippen LogP contribution in [0.3, 0.4) is 0 Å². The van der Waals surface area contributed by atoms with Crippen molar-refractivity contribution in [2.24, 2.45) is 35.5 Å². The van der Waals surface area contributed by atoms with Gasteiger partial charge in [-0.2, -0.15) is 0 Å². The van der Waals surface area contributed by atoms with Gasteiger partial charge < -0.3 is 0 Å². The van der Waals surface area contributed by atoms with Crippen LogP contribution in [0.25, 0.3) is 0 Å². The topological polar surface area (TPSA) is 37.4 Å². The summed E-state index contributed by atoms with van der Waals surface area (Å²) in [6.07, 6.45) is 10.3. The summed E-state index contributed by atoms with van der Waals surface area (Å²) in [5, 5.41) is 0. The number of allylic oxidation sites excluding steroid dienone is 2. The maximum absolute atomic E-state index is 13.1. The summed E-state index contributed by atoms with van der Waals surface area (Å²) in [5.41, 5.74) is 3.54. The number of anilines is 1. The Kier molecular flexibility index (Phi) is 2.45. The SMILES string of the molecule is O=C1[C@@H]2[C@H]3C=C[C@H]([C@H]4C[C@H]34)[C@@H]2C(=O)N1c1ccc2c(c1)CCCC2. The fraction of sp³-hybridized carbons (Fsp3) is 0.524. The summed E-state index contributed by atoms with van der Waals surface area (Å²) in [6.45, 7) is 0. The molecule has 2 bridgehead atoms. The van der Waals surface area contributed by atoms with Gasteiger partial charge in [0.1, 0.15) is 0 Å². The summed E-state index contributed by atoms with van der Waals surface area (Å²) < 4.78 is 0. The molecule has 1 aliphatic heterocycles. The molecule has 0 radical (unpaired) electrons. The summed E-state index contributed by atoms with van der Waals surface area (Å²) >= 11 is 0. The van der Waals surface area contributed by atoms with E-state index in [0.29, 0.717) is 23.7 Å². The first-order valence-corrected chi connectivity index (χ1v) is 9.42. The fourth-order valence-corrected chi connectivity index (χ4v) is 6.07. The normalized spacial score (nSPS) is 41.2. The average Bonchev–Trinajstić information content (AvgIpc) is 3.39. The van der Waals surface area contributed by atoms with Crippen LogP contribution in [0, 0.1) is 35.5 Å². The Bertz CT molecular complexity index is 774. The lowest BCUT2D eigenvalue weighted by Gasteiger charge is -2.37. The van der Waals surface area contributed by atoms with Gasteiger partial charge in [0.25, 0.3) is 0 Å². The minimum Gasteiger partial charge on any atom is -0.274 e. The molecule has 0 unspecified atom stereocenters. The molecule has 7 rings (SSSR count). The van der Waals surface area contributed by atoms with E-state index in [2.05, 4.69) is 24.3 Å². The van der Waals surface area contributed by atoms with Crippen molar-refractivity contribution in [3.05, 3.63) is 41.5 Å². The van der Waals surface area contributed by atoms with E-state index in [-0.39, 0.29) is 23.7 Å². The van der Waals surface area contributed by atoms with Crippen LogP contribution in [0.1, 0.15) is 30.4 Å². The lowest BCUT2D eigenvalue weighted by molar-refractivity contribution is -0.124. The Balaban J connectivity index is 1.41. The average molecular weight is 319 g/mol. The largest absolute Gasteiger partial charge is 0.274 e. The van der Waals surface area contributed by atoms with E-state index >= 15 is 0 Å². The van der Waals surface area contributed by atoms with Crippen LogP contribution < -0.4 is 4.90 Å².